The third kappa shape index (κ3) is 4.78. The van der Waals surface area contributed by atoms with Crippen molar-refractivity contribution in [2.24, 2.45) is 5.92 Å². The summed E-state index contributed by atoms with van der Waals surface area (Å²) in [5, 5.41) is 10.6. The zero-order valence-electron chi connectivity index (χ0n) is 12.5. The van der Waals surface area contributed by atoms with E-state index in [4.69, 9.17) is 0 Å². The molecule has 0 aliphatic rings. The molecule has 8 nitrogen and oxygen atoms in total. The zero-order valence-corrected chi connectivity index (χ0v) is 13.3. The van der Waals surface area contributed by atoms with Gasteiger partial charge in [-0.3, -0.25) is 14.9 Å². The highest BCUT2D eigenvalue weighted by Gasteiger charge is 2.27. The first kappa shape index (κ1) is 18.1. The summed E-state index contributed by atoms with van der Waals surface area (Å²) in [6, 6.07) is 3.40. The Kier molecular flexibility index (Phi) is 6.01. The number of esters is 1. The first-order chi connectivity index (χ1) is 10.2. The number of nitrogens with zero attached hydrogens (tertiary/aromatic N) is 1. The van der Waals surface area contributed by atoms with Crippen molar-refractivity contribution >= 4 is 21.7 Å². The van der Waals surface area contributed by atoms with Crippen molar-refractivity contribution in [3.05, 3.63) is 34.4 Å². The van der Waals surface area contributed by atoms with Crippen molar-refractivity contribution < 1.29 is 22.9 Å². The fourth-order valence-electron chi connectivity index (χ4n) is 1.81. The number of methoxy groups -OCH3 is 1. The normalized spacial score (nSPS) is 12.9. The van der Waals surface area contributed by atoms with E-state index in [1.165, 1.54) is 7.11 Å². The summed E-state index contributed by atoms with van der Waals surface area (Å²) in [6.07, 6.45) is 0.277. The van der Waals surface area contributed by atoms with Crippen LogP contribution in [0.3, 0.4) is 0 Å². The molecular formula is C13H18N2O6S. The topological polar surface area (TPSA) is 116 Å². The molecule has 0 spiro atoms. The van der Waals surface area contributed by atoms with Crippen LogP contribution in [0.4, 0.5) is 5.69 Å². The SMILES string of the molecule is COC(=O)[C@H](CC(C)C)NS(=O)(=O)c1ccc([N+](=O)[O-])cc1. The molecule has 0 fully saturated rings. The van der Waals surface area contributed by atoms with Crippen LogP contribution in [-0.4, -0.2) is 32.5 Å². The van der Waals surface area contributed by atoms with Gasteiger partial charge >= 0.3 is 5.97 Å². The van der Waals surface area contributed by atoms with E-state index in [-0.39, 0.29) is 22.9 Å². The number of non-ortho nitro benzene ring substituents is 1. The average molecular weight is 330 g/mol. The number of sulfonamides is 1. The van der Waals surface area contributed by atoms with Gasteiger partial charge in [0.2, 0.25) is 10.0 Å². The predicted molar refractivity (Wildman–Crippen MR) is 78.7 cm³/mol. The van der Waals surface area contributed by atoms with E-state index in [1.807, 2.05) is 13.8 Å². The molecule has 122 valence electrons. The molecule has 22 heavy (non-hydrogen) atoms. The van der Waals surface area contributed by atoms with E-state index in [1.54, 1.807) is 0 Å². The van der Waals surface area contributed by atoms with Gasteiger partial charge in [0.15, 0.2) is 0 Å². The van der Waals surface area contributed by atoms with Crippen LogP contribution in [0, 0.1) is 16.0 Å². The molecule has 0 saturated heterocycles. The molecular weight excluding hydrogens is 312 g/mol. The molecule has 1 rings (SSSR count). The molecule has 0 aliphatic heterocycles. The zero-order chi connectivity index (χ0) is 16.9. The monoisotopic (exact) mass is 330 g/mol. The van der Waals surface area contributed by atoms with Crippen LogP contribution in [0.15, 0.2) is 29.2 Å². The Morgan fingerprint density at radius 1 is 1.32 bits per heavy atom. The van der Waals surface area contributed by atoms with Gasteiger partial charge in [0.25, 0.3) is 5.69 Å². The largest absolute Gasteiger partial charge is 0.468 e. The highest BCUT2D eigenvalue weighted by Crippen LogP contribution is 2.17. The Hall–Kier alpha value is -2.00. The van der Waals surface area contributed by atoms with Gasteiger partial charge in [-0.2, -0.15) is 4.72 Å². The Balaban J connectivity index is 3.01. The van der Waals surface area contributed by atoms with Crippen molar-refractivity contribution in [1.29, 1.82) is 0 Å². The second kappa shape index (κ2) is 7.32. The van der Waals surface area contributed by atoms with E-state index in [9.17, 15) is 23.3 Å². The number of carbonyl (C=O) groups is 1. The fourth-order valence-corrected chi connectivity index (χ4v) is 3.01. The number of benzene rings is 1. The number of nitro groups is 1. The molecule has 0 aliphatic carbocycles. The van der Waals surface area contributed by atoms with Gasteiger partial charge in [0.1, 0.15) is 6.04 Å². The number of nitrogens with one attached hydrogen (secondary N) is 1. The summed E-state index contributed by atoms with van der Waals surface area (Å²) in [5.41, 5.74) is -0.217. The smallest absolute Gasteiger partial charge is 0.323 e. The molecule has 9 heteroatoms. The number of ether oxygens (including phenoxy) is 1. The van der Waals surface area contributed by atoms with Crippen molar-refractivity contribution in [1.82, 2.24) is 4.72 Å². The molecule has 0 amide bonds. The van der Waals surface area contributed by atoms with Crippen LogP contribution < -0.4 is 4.72 Å². The van der Waals surface area contributed by atoms with Gasteiger partial charge in [-0.1, -0.05) is 13.8 Å². The van der Waals surface area contributed by atoms with Gasteiger partial charge < -0.3 is 4.74 Å². The molecule has 0 radical (unpaired) electrons. The quantitative estimate of drug-likeness (QED) is 0.460. The summed E-state index contributed by atoms with van der Waals surface area (Å²) in [5.74, 6) is -0.608. The lowest BCUT2D eigenvalue weighted by Gasteiger charge is -2.18. The Morgan fingerprint density at radius 2 is 1.86 bits per heavy atom. The highest BCUT2D eigenvalue weighted by atomic mass is 32.2. The van der Waals surface area contributed by atoms with E-state index in [0.29, 0.717) is 0 Å². The lowest BCUT2D eigenvalue weighted by Crippen LogP contribution is -2.42. The molecule has 1 aromatic rings. The van der Waals surface area contributed by atoms with Gasteiger partial charge in [-0.25, -0.2) is 8.42 Å². The van der Waals surface area contributed by atoms with Crippen LogP contribution >= 0.6 is 0 Å². The van der Waals surface area contributed by atoms with Crippen LogP contribution in [-0.2, 0) is 19.6 Å². The molecule has 1 atom stereocenters. The Labute approximate surface area is 128 Å². The maximum absolute atomic E-state index is 12.2. The summed E-state index contributed by atoms with van der Waals surface area (Å²) in [7, 11) is -2.80. The van der Waals surface area contributed by atoms with Crippen molar-refractivity contribution in [2.75, 3.05) is 7.11 Å². The van der Waals surface area contributed by atoms with Crippen molar-refractivity contribution in [3.8, 4) is 0 Å². The molecule has 0 bridgehead atoms. The van der Waals surface area contributed by atoms with E-state index in [2.05, 4.69) is 9.46 Å². The van der Waals surface area contributed by atoms with Gasteiger partial charge in [0.05, 0.1) is 16.9 Å². The number of carbonyl (C=O) groups excluding carboxylic acids is 1. The first-order valence-electron chi connectivity index (χ1n) is 6.52. The van der Waals surface area contributed by atoms with Gasteiger partial charge in [-0.05, 0) is 24.5 Å². The molecule has 1 aromatic carbocycles. The second-order valence-corrected chi connectivity index (χ2v) is 6.79. The fraction of sp³-hybridized carbons (Fsp3) is 0.462. The number of nitro benzene ring substituents is 1. The van der Waals surface area contributed by atoms with Crippen LogP contribution in [0.5, 0.6) is 0 Å². The van der Waals surface area contributed by atoms with Crippen LogP contribution in [0.2, 0.25) is 0 Å². The van der Waals surface area contributed by atoms with Gasteiger partial charge in [0, 0.05) is 12.1 Å². The summed E-state index contributed by atoms with van der Waals surface area (Å²) < 4.78 is 31.3. The molecule has 0 heterocycles. The molecule has 0 saturated carbocycles. The summed E-state index contributed by atoms with van der Waals surface area (Å²) in [4.78, 5) is 21.4. The summed E-state index contributed by atoms with van der Waals surface area (Å²) in [6.45, 7) is 3.69. The Bertz CT molecular complexity index is 639. The summed E-state index contributed by atoms with van der Waals surface area (Å²) >= 11 is 0. The lowest BCUT2D eigenvalue weighted by atomic mass is 10.1. The Morgan fingerprint density at radius 3 is 2.27 bits per heavy atom. The van der Waals surface area contributed by atoms with Crippen molar-refractivity contribution in [2.45, 2.75) is 31.2 Å². The van der Waals surface area contributed by atoms with E-state index >= 15 is 0 Å². The molecule has 1 N–H and O–H groups in total. The maximum atomic E-state index is 12.2. The molecule has 0 aromatic heterocycles. The maximum Gasteiger partial charge on any atom is 0.323 e. The lowest BCUT2D eigenvalue weighted by molar-refractivity contribution is -0.384. The van der Waals surface area contributed by atoms with E-state index in [0.717, 1.165) is 24.3 Å². The minimum atomic E-state index is -3.98. The first-order valence-corrected chi connectivity index (χ1v) is 8.00. The van der Waals surface area contributed by atoms with E-state index < -0.39 is 27.0 Å². The van der Waals surface area contributed by atoms with Gasteiger partial charge in [-0.15, -0.1) is 0 Å². The highest BCUT2D eigenvalue weighted by molar-refractivity contribution is 7.89. The third-order valence-corrected chi connectivity index (χ3v) is 4.34. The van der Waals surface area contributed by atoms with Crippen molar-refractivity contribution in [3.63, 3.8) is 0 Å². The third-order valence-electron chi connectivity index (χ3n) is 2.85. The predicted octanol–water partition coefficient (Wildman–Crippen LogP) is 1.46. The van der Waals surface area contributed by atoms with Crippen LogP contribution in [0.1, 0.15) is 20.3 Å². The minimum absolute atomic E-state index is 0.0728. The van der Waals surface area contributed by atoms with Crippen LogP contribution in [0.25, 0.3) is 0 Å². The number of hydrogen-bond donors (Lipinski definition) is 1. The average Bonchev–Trinajstić information content (AvgIpc) is 2.45. The molecule has 0 unspecified atom stereocenters. The number of rotatable bonds is 7. The second-order valence-electron chi connectivity index (χ2n) is 5.08. The standard InChI is InChI=1S/C13H18N2O6S/c1-9(2)8-12(13(16)21-3)14-22(19,20)11-6-4-10(5-7-11)15(17)18/h4-7,9,12,14H,8H2,1-3H3/t12-/m0/s1. The minimum Gasteiger partial charge on any atom is -0.468 e. The number of hydrogen-bond acceptors (Lipinski definition) is 6.